The van der Waals surface area contributed by atoms with Crippen molar-refractivity contribution in [3.05, 3.63) is 85.2 Å². The largest absolute Gasteiger partial charge is 0.461 e. The van der Waals surface area contributed by atoms with Crippen LogP contribution in [-0.2, 0) is 13.0 Å². The van der Waals surface area contributed by atoms with Crippen LogP contribution in [0.15, 0.2) is 47.3 Å². The molecular formula is C27H28Cl2N4O4. The second-order valence-corrected chi connectivity index (χ2v) is 9.85. The topological polar surface area (TPSA) is 93.5 Å². The number of halogens is 2. The maximum absolute atomic E-state index is 13.8. The number of rotatable bonds is 6. The molecule has 0 bridgehead atoms. The summed E-state index contributed by atoms with van der Waals surface area (Å²) in [6.45, 7) is 5.91. The molecule has 1 aliphatic rings. The van der Waals surface area contributed by atoms with Crippen LogP contribution in [0, 0.1) is 0 Å². The maximum atomic E-state index is 13.8. The van der Waals surface area contributed by atoms with Gasteiger partial charge >= 0.3 is 6.01 Å². The Morgan fingerprint density at radius 2 is 1.81 bits per heavy atom. The van der Waals surface area contributed by atoms with Gasteiger partial charge in [0, 0.05) is 29.8 Å². The summed E-state index contributed by atoms with van der Waals surface area (Å²) < 4.78 is 7.50. The second kappa shape index (κ2) is 10.9. The Balaban J connectivity index is 1.76. The van der Waals surface area contributed by atoms with E-state index in [0.29, 0.717) is 51.0 Å². The fourth-order valence-electron chi connectivity index (χ4n) is 4.18. The molecule has 37 heavy (non-hydrogen) atoms. The summed E-state index contributed by atoms with van der Waals surface area (Å²) in [4.78, 5) is 45.5. The predicted molar refractivity (Wildman–Crippen MR) is 143 cm³/mol. The summed E-state index contributed by atoms with van der Waals surface area (Å²) in [5.41, 5.74) is 2.17. The van der Waals surface area contributed by atoms with Gasteiger partial charge in [0.2, 0.25) is 0 Å². The highest BCUT2D eigenvalue weighted by atomic mass is 35.5. The van der Waals surface area contributed by atoms with Gasteiger partial charge in [0.25, 0.3) is 17.4 Å². The Labute approximate surface area is 225 Å². The highest BCUT2D eigenvalue weighted by Gasteiger charge is 2.32. The van der Waals surface area contributed by atoms with E-state index in [2.05, 4.69) is 5.32 Å². The minimum atomic E-state index is -0.260. The molecule has 0 aliphatic carbocycles. The van der Waals surface area contributed by atoms with Crippen LogP contribution in [0.1, 0.15) is 59.2 Å². The lowest BCUT2D eigenvalue weighted by atomic mass is 9.98. The van der Waals surface area contributed by atoms with Gasteiger partial charge in [-0.25, -0.2) is 4.57 Å². The van der Waals surface area contributed by atoms with Crippen LogP contribution in [0.2, 0.25) is 10.0 Å². The van der Waals surface area contributed by atoms with Gasteiger partial charge in [-0.2, -0.15) is 4.98 Å². The minimum Gasteiger partial charge on any atom is -0.461 e. The van der Waals surface area contributed by atoms with Gasteiger partial charge in [-0.1, -0.05) is 30.1 Å². The Morgan fingerprint density at radius 3 is 2.43 bits per heavy atom. The molecule has 1 aliphatic heterocycles. The van der Waals surface area contributed by atoms with Crippen molar-refractivity contribution in [3.63, 3.8) is 0 Å². The lowest BCUT2D eigenvalue weighted by Crippen LogP contribution is -2.46. The van der Waals surface area contributed by atoms with Crippen LogP contribution < -0.4 is 15.6 Å². The van der Waals surface area contributed by atoms with Crippen LogP contribution in [0.3, 0.4) is 0 Å². The van der Waals surface area contributed by atoms with Gasteiger partial charge < -0.3 is 15.0 Å². The van der Waals surface area contributed by atoms with Crippen LogP contribution >= 0.6 is 23.2 Å². The highest BCUT2D eigenvalue weighted by Crippen LogP contribution is 2.28. The van der Waals surface area contributed by atoms with E-state index in [4.69, 9.17) is 32.9 Å². The molecule has 8 nitrogen and oxygen atoms in total. The molecule has 10 heteroatoms. The molecule has 1 N–H and O–H groups in total. The summed E-state index contributed by atoms with van der Waals surface area (Å²) >= 11 is 12.1. The normalized spacial score (nSPS) is 15.6. The summed E-state index contributed by atoms with van der Waals surface area (Å²) in [5.74, 6) is -0.448. The van der Waals surface area contributed by atoms with Gasteiger partial charge in [-0.15, -0.1) is 0 Å². The number of aromatic nitrogens is 2. The molecule has 0 fully saturated rings. The van der Waals surface area contributed by atoms with E-state index in [0.717, 1.165) is 0 Å². The zero-order valence-electron chi connectivity index (χ0n) is 21.0. The third-order valence-electron chi connectivity index (χ3n) is 6.51. The van der Waals surface area contributed by atoms with E-state index in [-0.39, 0.29) is 42.1 Å². The molecule has 0 saturated heterocycles. The van der Waals surface area contributed by atoms with Crippen LogP contribution in [0.4, 0.5) is 0 Å². The minimum absolute atomic E-state index is 0.141. The van der Waals surface area contributed by atoms with Crippen LogP contribution in [-0.4, -0.2) is 45.5 Å². The Morgan fingerprint density at radius 1 is 1.14 bits per heavy atom. The molecule has 0 spiro atoms. The SMILES string of the molecule is CC[C@H](C)Oc1nc2c(c(=O)n1-c1ccc(C(=O)NC)cc1)C[C@@H](C)N(C(=O)c1ccc(Cl)c(Cl)c1)C2. The van der Waals surface area contributed by atoms with E-state index in [1.165, 1.54) is 4.57 Å². The van der Waals surface area contributed by atoms with Crippen molar-refractivity contribution in [2.24, 2.45) is 0 Å². The van der Waals surface area contributed by atoms with Gasteiger partial charge in [0.15, 0.2) is 0 Å². The Bertz CT molecular complexity index is 1400. The third-order valence-corrected chi connectivity index (χ3v) is 7.25. The molecule has 2 aromatic carbocycles. The number of carbonyl (C=O) groups excluding carboxylic acids is 2. The molecule has 3 aromatic rings. The zero-order valence-corrected chi connectivity index (χ0v) is 22.6. The van der Waals surface area contributed by atoms with E-state index >= 15 is 0 Å². The van der Waals surface area contributed by atoms with Gasteiger partial charge in [0.1, 0.15) is 0 Å². The number of nitrogens with one attached hydrogen (secondary N) is 1. The van der Waals surface area contributed by atoms with Crippen molar-refractivity contribution >= 4 is 35.0 Å². The Hall–Kier alpha value is -3.36. The summed E-state index contributed by atoms with van der Waals surface area (Å²) in [6, 6.07) is 11.3. The van der Waals surface area contributed by atoms with E-state index < -0.39 is 0 Å². The first-order valence-corrected chi connectivity index (χ1v) is 12.8. The van der Waals surface area contributed by atoms with Gasteiger partial charge in [0.05, 0.1) is 34.1 Å². The van der Waals surface area contributed by atoms with Gasteiger partial charge in [-0.05, 0) is 69.2 Å². The summed E-state index contributed by atoms with van der Waals surface area (Å²) in [7, 11) is 1.56. The molecule has 4 rings (SSSR count). The van der Waals surface area contributed by atoms with Crippen molar-refractivity contribution < 1.29 is 14.3 Å². The first kappa shape index (κ1) is 26.7. The van der Waals surface area contributed by atoms with Crippen LogP contribution in [0.25, 0.3) is 5.69 Å². The average Bonchev–Trinajstić information content (AvgIpc) is 2.89. The number of carbonyl (C=O) groups is 2. The molecule has 194 valence electrons. The molecule has 0 unspecified atom stereocenters. The smallest absolute Gasteiger partial charge is 0.304 e. The highest BCUT2D eigenvalue weighted by molar-refractivity contribution is 6.42. The van der Waals surface area contributed by atoms with Gasteiger partial charge in [-0.3, -0.25) is 14.4 Å². The third kappa shape index (κ3) is 5.36. The number of fused-ring (bicyclic) bond motifs is 1. The molecule has 0 saturated carbocycles. The molecule has 1 aromatic heterocycles. The lowest BCUT2D eigenvalue weighted by molar-refractivity contribution is 0.0650. The van der Waals surface area contributed by atoms with E-state index in [9.17, 15) is 14.4 Å². The van der Waals surface area contributed by atoms with Crippen LogP contribution in [0.5, 0.6) is 6.01 Å². The number of hydrogen-bond donors (Lipinski definition) is 1. The molecule has 2 atom stereocenters. The number of benzene rings is 2. The van der Waals surface area contributed by atoms with Crippen molar-refractivity contribution in [2.45, 2.75) is 52.3 Å². The second-order valence-electron chi connectivity index (χ2n) is 9.04. The number of nitrogens with zero attached hydrogens (tertiary/aromatic N) is 3. The molecular weight excluding hydrogens is 515 g/mol. The Kier molecular flexibility index (Phi) is 7.90. The average molecular weight is 543 g/mol. The predicted octanol–water partition coefficient (Wildman–Crippen LogP) is 4.66. The molecule has 0 radical (unpaired) electrons. The maximum Gasteiger partial charge on any atom is 0.304 e. The van der Waals surface area contributed by atoms with Crippen molar-refractivity contribution in [1.29, 1.82) is 0 Å². The van der Waals surface area contributed by atoms with Crippen molar-refractivity contribution in [1.82, 2.24) is 19.8 Å². The fourth-order valence-corrected chi connectivity index (χ4v) is 4.48. The lowest BCUT2D eigenvalue weighted by Gasteiger charge is -2.34. The van der Waals surface area contributed by atoms with E-state index in [1.807, 2.05) is 20.8 Å². The summed E-state index contributed by atoms with van der Waals surface area (Å²) in [6.07, 6.45) is 0.841. The van der Waals surface area contributed by atoms with E-state index in [1.54, 1.807) is 54.4 Å². The number of amides is 2. The first-order valence-electron chi connectivity index (χ1n) is 12.0. The monoisotopic (exact) mass is 542 g/mol. The zero-order chi connectivity index (χ0) is 26.9. The fraction of sp³-hybridized carbons (Fsp3) is 0.333. The first-order chi connectivity index (χ1) is 17.6. The molecule has 2 heterocycles. The number of hydrogen-bond acceptors (Lipinski definition) is 5. The summed E-state index contributed by atoms with van der Waals surface area (Å²) in [5, 5.41) is 3.25. The van der Waals surface area contributed by atoms with Crippen molar-refractivity contribution in [2.75, 3.05) is 7.05 Å². The molecule has 2 amide bonds. The van der Waals surface area contributed by atoms with Crippen molar-refractivity contribution in [3.8, 4) is 11.7 Å². The standard InChI is InChI=1S/C27H28Cl2N4O4/c1-5-16(3)37-27-31-23-14-32(25(35)18-8-11-21(28)22(29)13-18)15(2)12-20(23)26(36)33(27)19-9-6-17(7-10-19)24(34)30-4/h6-11,13,15-16H,5,12,14H2,1-4H3,(H,30,34)/t15-,16+/m1/s1. The quantitative estimate of drug-likeness (QED) is 0.488. The number of ether oxygens (including phenoxy) is 1.